The highest BCUT2D eigenvalue weighted by molar-refractivity contribution is 6.45. The van der Waals surface area contributed by atoms with Crippen molar-refractivity contribution in [3.8, 4) is 0 Å². The Kier molecular flexibility index (Phi) is 6.04. The number of hydrogen-bond donors (Lipinski definition) is 0. The van der Waals surface area contributed by atoms with Gasteiger partial charge in [0, 0.05) is 6.54 Å². The maximum atomic E-state index is 12.0. The molecule has 0 aromatic rings. The third kappa shape index (κ3) is 4.22. The number of ether oxygens (including phenoxy) is 1. The zero-order valence-corrected chi connectivity index (χ0v) is 15.7. The van der Waals surface area contributed by atoms with E-state index in [2.05, 4.69) is 27.7 Å². The Balaban J connectivity index is 1.84. The van der Waals surface area contributed by atoms with Crippen molar-refractivity contribution >= 4 is 24.9 Å². The molecule has 2 aliphatic rings. The van der Waals surface area contributed by atoms with Gasteiger partial charge in [0.25, 0.3) is 0 Å². The van der Waals surface area contributed by atoms with Crippen LogP contribution in [-0.2, 0) is 18.8 Å². The highest BCUT2D eigenvalue weighted by Crippen LogP contribution is 2.38. The second-order valence-corrected chi connectivity index (χ2v) is 8.04. The maximum absolute atomic E-state index is 12.0. The first-order chi connectivity index (χ1) is 10.7. The highest BCUT2D eigenvalue weighted by Gasteiger charge is 2.50. The molecule has 5 nitrogen and oxygen atoms in total. The van der Waals surface area contributed by atoms with Crippen molar-refractivity contribution in [2.75, 3.05) is 13.7 Å². The average molecular weight is 346 g/mol. The van der Waals surface area contributed by atoms with Crippen molar-refractivity contribution < 1.29 is 18.8 Å². The van der Waals surface area contributed by atoms with Crippen LogP contribution in [0.25, 0.3) is 0 Å². The Hall–Kier alpha value is -0.295. The van der Waals surface area contributed by atoms with Crippen LogP contribution >= 0.6 is 11.8 Å². The van der Waals surface area contributed by atoms with Gasteiger partial charge in [-0.15, -0.1) is 0 Å². The van der Waals surface area contributed by atoms with Crippen molar-refractivity contribution in [2.45, 2.75) is 76.9 Å². The minimum Gasteiger partial charge on any atom is -0.468 e. The molecule has 23 heavy (non-hydrogen) atoms. The van der Waals surface area contributed by atoms with E-state index < -0.39 is 0 Å². The third-order valence-corrected chi connectivity index (χ3v) is 5.83. The fraction of sp³-hybridized carbons (Fsp3) is 0.938. The Morgan fingerprint density at radius 2 is 1.91 bits per heavy atom. The molecule has 2 unspecified atom stereocenters. The number of carbonyl (C=O) groups excluding carboxylic acids is 1. The molecule has 0 aromatic heterocycles. The predicted octanol–water partition coefficient (Wildman–Crippen LogP) is 3.27. The minimum absolute atomic E-state index is 0.174. The summed E-state index contributed by atoms with van der Waals surface area (Å²) < 4.78 is 18.6. The van der Waals surface area contributed by atoms with Gasteiger partial charge in [-0.05, 0) is 71.0 Å². The lowest BCUT2D eigenvalue weighted by molar-refractivity contribution is -0.148. The molecule has 2 fully saturated rings. The molecule has 132 valence electrons. The van der Waals surface area contributed by atoms with Crippen LogP contribution in [-0.4, -0.2) is 48.4 Å². The third-order valence-electron chi connectivity index (χ3n) is 5.45. The van der Waals surface area contributed by atoms with Gasteiger partial charge in [0.1, 0.15) is 6.04 Å². The lowest BCUT2D eigenvalue weighted by Crippen LogP contribution is -2.45. The summed E-state index contributed by atoms with van der Waals surface area (Å²) in [5.74, 6) is -0.00328. The van der Waals surface area contributed by atoms with Crippen molar-refractivity contribution in [3.63, 3.8) is 0 Å². The van der Waals surface area contributed by atoms with Crippen molar-refractivity contribution in [2.24, 2.45) is 5.92 Å². The van der Waals surface area contributed by atoms with E-state index in [9.17, 15) is 4.79 Å². The molecule has 2 rings (SSSR count). The number of nitrogens with zero attached hydrogens (tertiary/aromatic N) is 1. The van der Waals surface area contributed by atoms with Crippen LogP contribution in [0.2, 0.25) is 6.32 Å². The van der Waals surface area contributed by atoms with Gasteiger partial charge in [-0.3, -0.25) is 4.79 Å². The van der Waals surface area contributed by atoms with Crippen LogP contribution < -0.4 is 0 Å². The zero-order valence-electron chi connectivity index (χ0n) is 14.9. The Bertz CT molecular complexity index is 416. The van der Waals surface area contributed by atoms with Crippen LogP contribution in [0.1, 0.15) is 53.4 Å². The second-order valence-electron chi connectivity index (χ2n) is 7.61. The van der Waals surface area contributed by atoms with E-state index in [4.69, 9.17) is 25.8 Å². The Labute approximate surface area is 145 Å². The summed E-state index contributed by atoms with van der Waals surface area (Å²) >= 11 is 6.21. The molecule has 2 saturated heterocycles. The summed E-state index contributed by atoms with van der Waals surface area (Å²) in [6, 6.07) is -0.339. The number of halogens is 1. The molecule has 0 aromatic carbocycles. The van der Waals surface area contributed by atoms with Gasteiger partial charge < -0.3 is 14.0 Å². The van der Waals surface area contributed by atoms with E-state index in [0.717, 1.165) is 38.5 Å². The molecule has 2 heterocycles. The van der Waals surface area contributed by atoms with Crippen LogP contribution in [0.15, 0.2) is 0 Å². The lowest BCUT2D eigenvalue weighted by Gasteiger charge is -2.35. The van der Waals surface area contributed by atoms with E-state index in [1.165, 1.54) is 7.11 Å². The number of carbonyl (C=O) groups is 1. The molecular formula is C16H29BClNO4. The Morgan fingerprint density at radius 1 is 1.30 bits per heavy atom. The number of piperidine rings is 1. The normalized spacial score (nSPS) is 30.4. The maximum Gasteiger partial charge on any atom is 0.457 e. The lowest BCUT2D eigenvalue weighted by atomic mass is 9.78. The second kappa shape index (κ2) is 7.30. The SMILES string of the molecule is COC(=O)C1C(CCCB2OC(C)(C)C(C)(C)O2)CCCN1Cl. The largest absolute Gasteiger partial charge is 0.468 e. The van der Waals surface area contributed by atoms with E-state index in [0.29, 0.717) is 0 Å². The summed E-state index contributed by atoms with van der Waals surface area (Å²) in [5, 5.41) is 0. The molecule has 2 atom stereocenters. The van der Waals surface area contributed by atoms with E-state index in [1.807, 2.05) is 0 Å². The average Bonchev–Trinajstić information content (AvgIpc) is 2.66. The zero-order chi connectivity index (χ0) is 17.3. The van der Waals surface area contributed by atoms with Gasteiger partial charge in [0.15, 0.2) is 0 Å². The Morgan fingerprint density at radius 3 is 2.48 bits per heavy atom. The van der Waals surface area contributed by atoms with E-state index in [-0.39, 0.29) is 36.2 Å². The fourth-order valence-corrected chi connectivity index (χ4v) is 3.75. The van der Waals surface area contributed by atoms with Gasteiger partial charge in [0.2, 0.25) is 0 Å². The monoisotopic (exact) mass is 345 g/mol. The van der Waals surface area contributed by atoms with Crippen molar-refractivity contribution in [1.82, 2.24) is 4.42 Å². The first kappa shape index (κ1) is 19.0. The van der Waals surface area contributed by atoms with Crippen molar-refractivity contribution in [1.29, 1.82) is 0 Å². The molecule has 0 amide bonds. The van der Waals surface area contributed by atoms with Gasteiger partial charge in [0.05, 0.1) is 18.3 Å². The number of hydrogen-bond acceptors (Lipinski definition) is 5. The molecule has 0 N–H and O–H groups in total. The van der Waals surface area contributed by atoms with Gasteiger partial charge >= 0.3 is 13.1 Å². The summed E-state index contributed by atoms with van der Waals surface area (Å²) in [7, 11) is 1.25. The van der Waals surface area contributed by atoms with E-state index in [1.54, 1.807) is 4.42 Å². The van der Waals surface area contributed by atoms with Gasteiger partial charge in [-0.25, -0.2) is 4.42 Å². The molecule has 0 radical (unpaired) electrons. The molecule has 0 saturated carbocycles. The highest BCUT2D eigenvalue weighted by atomic mass is 35.5. The van der Waals surface area contributed by atoms with Crippen LogP contribution in [0.3, 0.4) is 0 Å². The molecule has 0 aliphatic carbocycles. The van der Waals surface area contributed by atoms with E-state index >= 15 is 0 Å². The molecule has 0 bridgehead atoms. The number of methoxy groups -OCH3 is 1. The minimum atomic E-state index is -0.339. The van der Waals surface area contributed by atoms with Crippen LogP contribution in [0.4, 0.5) is 0 Å². The predicted molar refractivity (Wildman–Crippen MR) is 91.2 cm³/mol. The summed E-state index contributed by atoms with van der Waals surface area (Å²) in [4.78, 5) is 12.0. The van der Waals surface area contributed by atoms with Crippen molar-refractivity contribution in [3.05, 3.63) is 0 Å². The standard InChI is InChI=1S/C16H29BClNO4/c1-15(2)16(3,4)23-17(22-15)10-6-8-12-9-7-11-19(18)13(12)14(20)21-5/h12-13H,6-11H2,1-5H3. The van der Waals surface area contributed by atoms with Gasteiger partial charge in [-0.2, -0.15) is 0 Å². The van der Waals surface area contributed by atoms with Gasteiger partial charge in [-0.1, -0.05) is 6.42 Å². The fourth-order valence-electron chi connectivity index (χ4n) is 3.39. The van der Waals surface area contributed by atoms with Crippen LogP contribution in [0, 0.1) is 5.92 Å². The van der Waals surface area contributed by atoms with Crippen LogP contribution in [0.5, 0.6) is 0 Å². The summed E-state index contributed by atoms with van der Waals surface area (Å²) in [6.07, 6.45) is 4.72. The molecule has 2 aliphatic heterocycles. The molecule has 7 heteroatoms. The first-order valence-corrected chi connectivity index (χ1v) is 8.87. The summed E-state index contributed by atoms with van der Waals surface area (Å²) in [6.45, 7) is 8.98. The number of esters is 1. The smallest absolute Gasteiger partial charge is 0.457 e. The number of rotatable bonds is 5. The molecule has 0 spiro atoms. The summed E-state index contributed by atoms with van der Waals surface area (Å²) in [5.41, 5.74) is -0.575. The first-order valence-electron chi connectivity index (χ1n) is 8.54. The molecular weight excluding hydrogens is 316 g/mol. The quantitative estimate of drug-likeness (QED) is 0.435. The topological polar surface area (TPSA) is 48.0 Å².